The number of halogens is 2. The summed E-state index contributed by atoms with van der Waals surface area (Å²) in [7, 11) is 0. The minimum atomic E-state index is 0.564. The van der Waals surface area contributed by atoms with Gasteiger partial charge in [0.25, 0.3) is 0 Å². The molecule has 0 amide bonds. The van der Waals surface area contributed by atoms with Crippen LogP contribution >= 0.6 is 23.2 Å². The first-order valence-electron chi connectivity index (χ1n) is 7.00. The van der Waals surface area contributed by atoms with E-state index in [1.54, 1.807) is 0 Å². The zero-order valence-electron chi connectivity index (χ0n) is 12.1. The molecule has 0 saturated carbocycles. The van der Waals surface area contributed by atoms with Crippen molar-refractivity contribution < 1.29 is 4.63 Å². The van der Waals surface area contributed by atoms with Gasteiger partial charge in [-0.15, -0.1) is 0 Å². The minimum absolute atomic E-state index is 0.564. The summed E-state index contributed by atoms with van der Waals surface area (Å²) in [5.41, 5.74) is 2.17. The number of rotatable bonds is 6. The molecule has 0 spiro atoms. The van der Waals surface area contributed by atoms with Crippen LogP contribution in [-0.4, -0.2) is 10.3 Å². The fourth-order valence-corrected chi connectivity index (χ4v) is 2.25. The molecule has 1 aromatic heterocycles. The SMILES string of the molecule is Clc1ccc(CNc2nonc2NCc2ccc(Cl)cc2)cc1. The second-order valence-corrected chi connectivity index (χ2v) is 5.79. The second kappa shape index (κ2) is 7.35. The van der Waals surface area contributed by atoms with Gasteiger partial charge in [-0.3, -0.25) is 0 Å². The number of aromatic nitrogens is 2. The molecule has 5 nitrogen and oxygen atoms in total. The maximum atomic E-state index is 5.87. The summed E-state index contributed by atoms with van der Waals surface area (Å²) in [6.07, 6.45) is 0. The Bertz CT molecular complexity index is 693. The van der Waals surface area contributed by atoms with Crippen LogP contribution in [0.2, 0.25) is 10.0 Å². The van der Waals surface area contributed by atoms with Crippen molar-refractivity contribution in [3.05, 3.63) is 69.7 Å². The Labute approximate surface area is 143 Å². The molecule has 3 rings (SSSR count). The van der Waals surface area contributed by atoms with Crippen LogP contribution in [0.4, 0.5) is 11.6 Å². The van der Waals surface area contributed by atoms with E-state index in [4.69, 9.17) is 27.8 Å². The quantitative estimate of drug-likeness (QED) is 0.681. The molecular formula is C16H14Cl2N4O. The summed E-state index contributed by atoms with van der Waals surface area (Å²) < 4.78 is 4.79. The number of hydrogen-bond donors (Lipinski definition) is 2. The van der Waals surface area contributed by atoms with E-state index in [0.717, 1.165) is 11.1 Å². The van der Waals surface area contributed by atoms with E-state index in [0.29, 0.717) is 34.8 Å². The van der Waals surface area contributed by atoms with E-state index in [1.807, 2.05) is 48.5 Å². The van der Waals surface area contributed by atoms with Crippen molar-refractivity contribution in [1.29, 1.82) is 0 Å². The van der Waals surface area contributed by atoms with E-state index < -0.39 is 0 Å². The molecule has 118 valence electrons. The third-order valence-corrected chi connectivity index (χ3v) is 3.74. The molecule has 0 aliphatic carbocycles. The van der Waals surface area contributed by atoms with Gasteiger partial charge in [-0.2, -0.15) is 0 Å². The van der Waals surface area contributed by atoms with Gasteiger partial charge in [0.1, 0.15) is 0 Å². The van der Waals surface area contributed by atoms with Gasteiger partial charge >= 0.3 is 0 Å². The Kier molecular flexibility index (Phi) is 5.00. The van der Waals surface area contributed by atoms with Gasteiger partial charge in [0.15, 0.2) is 0 Å². The Morgan fingerprint density at radius 3 is 1.48 bits per heavy atom. The third kappa shape index (κ3) is 4.37. The van der Waals surface area contributed by atoms with Crippen molar-refractivity contribution in [3.8, 4) is 0 Å². The van der Waals surface area contributed by atoms with Gasteiger partial charge < -0.3 is 10.6 Å². The highest BCUT2D eigenvalue weighted by atomic mass is 35.5. The normalized spacial score (nSPS) is 10.5. The van der Waals surface area contributed by atoms with Crippen LogP contribution in [0.3, 0.4) is 0 Å². The van der Waals surface area contributed by atoms with E-state index in [1.165, 1.54) is 0 Å². The van der Waals surface area contributed by atoms with Gasteiger partial charge in [0.2, 0.25) is 11.6 Å². The van der Waals surface area contributed by atoms with Crippen LogP contribution in [0.5, 0.6) is 0 Å². The fraction of sp³-hybridized carbons (Fsp3) is 0.125. The molecule has 0 saturated heterocycles. The van der Waals surface area contributed by atoms with E-state index >= 15 is 0 Å². The van der Waals surface area contributed by atoms with Gasteiger partial charge in [-0.1, -0.05) is 47.5 Å². The van der Waals surface area contributed by atoms with Crippen molar-refractivity contribution >= 4 is 34.8 Å². The minimum Gasteiger partial charge on any atom is -0.360 e. The zero-order chi connectivity index (χ0) is 16.1. The summed E-state index contributed by atoms with van der Waals surface area (Å²) in [4.78, 5) is 0. The zero-order valence-corrected chi connectivity index (χ0v) is 13.6. The molecule has 0 radical (unpaired) electrons. The maximum Gasteiger partial charge on any atom is 0.215 e. The lowest BCUT2D eigenvalue weighted by Crippen LogP contribution is -2.05. The number of nitrogens with one attached hydrogen (secondary N) is 2. The molecule has 0 unspecified atom stereocenters. The molecule has 0 bridgehead atoms. The number of hydrogen-bond acceptors (Lipinski definition) is 5. The highest BCUT2D eigenvalue weighted by Crippen LogP contribution is 2.19. The van der Waals surface area contributed by atoms with Crippen LogP contribution in [0.1, 0.15) is 11.1 Å². The lowest BCUT2D eigenvalue weighted by Gasteiger charge is -2.06. The first-order chi connectivity index (χ1) is 11.2. The first kappa shape index (κ1) is 15.6. The van der Waals surface area contributed by atoms with Gasteiger partial charge in [0, 0.05) is 23.1 Å². The molecule has 0 fully saturated rings. The molecule has 2 N–H and O–H groups in total. The number of anilines is 2. The van der Waals surface area contributed by atoms with Crippen molar-refractivity contribution in [3.63, 3.8) is 0 Å². The van der Waals surface area contributed by atoms with Gasteiger partial charge in [-0.25, -0.2) is 4.63 Å². The third-order valence-electron chi connectivity index (χ3n) is 3.23. The summed E-state index contributed by atoms with van der Waals surface area (Å²) in [6.45, 7) is 1.20. The van der Waals surface area contributed by atoms with E-state index in [9.17, 15) is 0 Å². The van der Waals surface area contributed by atoms with Crippen molar-refractivity contribution in [1.82, 2.24) is 10.3 Å². The Balaban J connectivity index is 1.58. The van der Waals surface area contributed by atoms with Crippen LogP contribution in [-0.2, 0) is 13.1 Å². The van der Waals surface area contributed by atoms with Crippen LogP contribution < -0.4 is 10.6 Å². The Morgan fingerprint density at radius 2 is 1.09 bits per heavy atom. The lowest BCUT2D eigenvalue weighted by atomic mass is 10.2. The maximum absolute atomic E-state index is 5.87. The van der Waals surface area contributed by atoms with Crippen LogP contribution in [0.25, 0.3) is 0 Å². The Hall–Kier alpha value is -2.24. The summed E-state index contributed by atoms with van der Waals surface area (Å²) >= 11 is 11.7. The van der Waals surface area contributed by atoms with E-state index in [2.05, 4.69) is 20.9 Å². The molecule has 0 aliphatic heterocycles. The Morgan fingerprint density at radius 1 is 0.696 bits per heavy atom. The summed E-state index contributed by atoms with van der Waals surface area (Å²) in [5, 5.41) is 15.5. The predicted molar refractivity (Wildman–Crippen MR) is 91.9 cm³/mol. The van der Waals surface area contributed by atoms with Gasteiger partial charge in [0.05, 0.1) is 0 Å². The molecule has 23 heavy (non-hydrogen) atoms. The van der Waals surface area contributed by atoms with Crippen molar-refractivity contribution in [2.75, 3.05) is 10.6 Å². The largest absolute Gasteiger partial charge is 0.360 e. The molecule has 2 aromatic carbocycles. The topological polar surface area (TPSA) is 63.0 Å². The number of benzene rings is 2. The molecule has 0 aliphatic rings. The smallest absolute Gasteiger partial charge is 0.215 e. The van der Waals surface area contributed by atoms with Crippen molar-refractivity contribution in [2.45, 2.75) is 13.1 Å². The van der Waals surface area contributed by atoms with E-state index in [-0.39, 0.29) is 0 Å². The second-order valence-electron chi connectivity index (χ2n) is 4.92. The first-order valence-corrected chi connectivity index (χ1v) is 7.75. The molecule has 7 heteroatoms. The number of nitrogens with zero attached hydrogens (tertiary/aromatic N) is 2. The van der Waals surface area contributed by atoms with Crippen LogP contribution in [0, 0.1) is 0 Å². The fourth-order valence-electron chi connectivity index (χ4n) is 2.00. The predicted octanol–water partition coefficient (Wildman–Crippen LogP) is 4.60. The van der Waals surface area contributed by atoms with Gasteiger partial charge in [-0.05, 0) is 45.7 Å². The average Bonchev–Trinajstić information content (AvgIpc) is 3.01. The lowest BCUT2D eigenvalue weighted by molar-refractivity contribution is 0.310. The highest BCUT2D eigenvalue weighted by Gasteiger charge is 2.09. The molecule has 1 heterocycles. The summed E-state index contributed by atoms with van der Waals surface area (Å²) in [6, 6.07) is 15.2. The molecular weight excluding hydrogens is 335 g/mol. The molecule has 3 aromatic rings. The average molecular weight is 349 g/mol. The molecule has 0 atom stereocenters. The van der Waals surface area contributed by atoms with Crippen molar-refractivity contribution in [2.24, 2.45) is 0 Å². The monoisotopic (exact) mass is 348 g/mol. The highest BCUT2D eigenvalue weighted by molar-refractivity contribution is 6.30. The standard InChI is InChI=1S/C16H14Cl2N4O/c17-13-5-1-11(2-6-13)9-19-15-16(22-23-21-15)20-10-12-3-7-14(18)8-4-12/h1-8H,9-10H2,(H,19,21)(H,20,22). The van der Waals surface area contributed by atoms with Crippen LogP contribution in [0.15, 0.2) is 53.2 Å². The summed E-state index contributed by atoms with van der Waals surface area (Å²) in [5.74, 6) is 1.13.